The van der Waals surface area contributed by atoms with Gasteiger partial charge in [0.1, 0.15) is 0 Å². The Hall–Kier alpha value is -8.56. The molecule has 0 aliphatic carbocycles. The first-order valence-electron chi connectivity index (χ1n) is 48.6. The summed E-state index contributed by atoms with van der Waals surface area (Å²) in [5.74, 6) is 0. The molecule has 135 heavy (non-hydrogen) atoms. The molecule has 16 rings (SSSR count). The van der Waals surface area contributed by atoms with Crippen LogP contribution in [0.1, 0.15) is 158 Å². The van der Waals surface area contributed by atoms with Gasteiger partial charge in [0, 0.05) is 126 Å². The summed E-state index contributed by atoms with van der Waals surface area (Å²) >= 11 is 10.1. The third kappa shape index (κ3) is 32.3. The van der Waals surface area contributed by atoms with E-state index in [1.54, 1.807) is 0 Å². The molecule has 0 unspecified atom stereocenters. The SMILES string of the molecule is Br.BrCCCCBr.C.CCC1(CO)COC1.CCC1(COCCCCBr)COC1.CCC1(COCCCCCc2ccc(N(c3ccc(C)cc3)c3ccc(-c4ccc(N(c5ccc(C)cc5)c5ccc(CCCCCOCC6(CC)COC6)cc5)cc4)cc3)cc2)COC1.Cc1ccc(N(c2ccccc2)c2ccc(-c3ccc(N(c4ccccc4)c4ccc(C)cc4)cc3)cc2)cc1. The Morgan fingerprint density at radius 1 is 0.259 bits per heavy atom. The van der Waals surface area contributed by atoms with Crippen molar-refractivity contribution >= 4 is 133 Å². The number of hydrogen-bond donors (Lipinski definition) is 1. The summed E-state index contributed by atoms with van der Waals surface area (Å²) in [6, 6.07) is 110. The second kappa shape index (κ2) is 57.1. The molecular formula is C119H148Br4N4O8. The molecule has 0 atom stereocenters. The molecule has 0 aromatic heterocycles. The zero-order valence-corrected chi connectivity index (χ0v) is 87.0. The van der Waals surface area contributed by atoms with Crippen molar-refractivity contribution in [3.8, 4) is 22.3 Å². The van der Waals surface area contributed by atoms with Gasteiger partial charge in [-0.3, -0.25) is 0 Å². The molecule has 16 heteroatoms. The topological polar surface area (TPSA) is 97.8 Å². The summed E-state index contributed by atoms with van der Waals surface area (Å²) in [6.07, 6.45) is 18.4. The van der Waals surface area contributed by atoms with Crippen LogP contribution in [0.5, 0.6) is 0 Å². The summed E-state index contributed by atoms with van der Waals surface area (Å²) in [5, 5.41) is 12.1. The lowest BCUT2D eigenvalue weighted by atomic mass is 9.84. The fourth-order valence-electron chi connectivity index (χ4n) is 16.5. The van der Waals surface area contributed by atoms with Gasteiger partial charge in [-0.25, -0.2) is 0 Å². The van der Waals surface area contributed by atoms with Crippen molar-refractivity contribution in [2.24, 2.45) is 21.7 Å². The fourth-order valence-corrected chi connectivity index (χ4v) is 17.7. The third-order valence-electron chi connectivity index (χ3n) is 26.3. The summed E-state index contributed by atoms with van der Waals surface area (Å²) in [6.45, 7) is 29.4. The molecule has 0 amide bonds. The summed E-state index contributed by atoms with van der Waals surface area (Å²) in [7, 11) is 0. The highest BCUT2D eigenvalue weighted by Gasteiger charge is 2.39. The van der Waals surface area contributed by atoms with Crippen molar-refractivity contribution in [2.45, 2.75) is 166 Å². The van der Waals surface area contributed by atoms with Crippen molar-refractivity contribution in [3.05, 3.63) is 337 Å². The van der Waals surface area contributed by atoms with Gasteiger partial charge in [0.15, 0.2) is 0 Å². The van der Waals surface area contributed by atoms with Gasteiger partial charge in [0.25, 0.3) is 0 Å². The van der Waals surface area contributed by atoms with Gasteiger partial charge < -0.3 is 57.9 Å². The second-order valence-corrected chi connectivity index (χ2v) is 39.1. The predicted molar refractivity (Wildman–Crippen MR) is 587 cm³/mol. The normalized spacial score (nSPS) is 14.3. The number of hydrogen-bond acceptors (Lipinski definition) is 12. The minimum absolute atomic E-state index is 0. The number of alkyl halides is 3. The minimum Gasteiger partial charge on any atom is -0.396 e. The largest absolute Gasteiger partial charge is 0.396 e. The van der Waals surface area contributed by atoms with Crippen LogP contribution in [0.3, 0.4) is 0 Å². The van der Waals surface area contributed by atoms with E-state index in [0.717, 1.165) is 228 Å². The minimum atomic E-state index is 0. The Bertz CT molecular complexity index is 4910. The number of aliphatic hydroxyl groups excluding tert-OH is 1. The monoisotopic (exact) mass is 2080 g/mol. The van der Waals surface area contributed by atoms with Gasteiger partial charge in [0.2, 0.25) is 0 Å². The maximum Gasteiger partial charge on any atom is 0.0566 e. The van der Waals surface area contributed by atoms with Gasteiger partial charge in [0.05, 0.1) is 79.3 Å². The van der Waals surface area contributed by atoms with Crippen molar-refractivity contribution in [1.29, 1.82) is 0 Å². The number of para-hydroxylation sites is 2. The summed E-state index contributed by atoms with van der Waals surface area (Å²) in [5.41, 5.74) is 27.2. The third-order valence-corrected chi connectivity index (χ3v) is 28.0. The summed E-state index contributed by atoms with van der Waals surface area (Å²) in [4.78, 5) is 9.31. The Morgan fingerprint density at radius 3 is 0.652 bits per heavy atom. The van der Waals surface area contributed by atoms with E-state index in [9.17, 15) is 0 Å². The van der Waals surface area contributed by atoms with Crippen LogP contribution >= 0.6 is 64.8 Å². The van der Waals surface area contributed by atoms with Crippen LogP contribution in [0.25, 0.3) is 22.3 Å². The van der Waals surface area contributed by atoms with Crippen LogP contribution in [0.2, 0.25) is 0 Å². The molecular weight excluding hydrogens is 1930 g/mol. The van der Waals surface area contributed by atoms with E-state index in [1.165, 1.54) is 107 Å². The highest BCUT2D eigenvalue weighted by Crippen LogP contribution is 2.43. The molecule has 12 nitrogen and oxygen atoms in total. The van der Waals surface area contributed by atoms with Crippen molar-refractivity contribution in [1.82, 2.24) is 0 Å². The highest BCUT2D eigenvalue weighted by molar-refractivity contribution is 9.09. The smallest absolute Gasteiger partial charge is 0.0566 e. The molecule has 12 aromatic rings. The number of aliphatic hydroxyl groups is 1. The van der Waals surface area contributed by atoms with E-state index in [1.807, 2.05) is 0 Å². The number of halogens is 4. The zero-order valence-electron chi connectivity index (χ0n) is 80.5. The van der Waals surface area contributed by atoms with Gasteiger partial charge in [-0.15, -0.1) is 17.0 Å². The van der Waals surface area contributed by atoms with Gasteiger partial charge in [-0.2, -0.15) is 0 Å². The second-order valence-electron chi connectivity index (χ2n) is 36.7. The lowest BCUT2D eigenvalue weighted by Gasteiger charge is -2.40. The number of rotatable bonds is 44. The first kappa shape index (κ1) is 108. The molecule has 0 spiro atoms. The maximum atomic E-state index is 8.76. The standard InChI is InChI=1S/C60H72N2O4.C38H32N2.C10H19BrO2.C6H12O2.C4H8Br2.CH4.BrH/c1-5-59(43-65-44-59)41-63-39-11-7-9-13-49-19-31-55(32-20-49)61(53-27-15-47(3)16-28-53)57-35-23-51(24-36-57)52-25-37-58(38-26-52)62(54-29-17-48(4)18-30-54)56-33-21-50(22-34-56)14-10-8-12-40-64-42-60(6-2)45-66-46-60;1-29-13-21-35(22-14-29)39(33-9-5-3-6-10-33)37-25-17-31(18-26-37)32-19-27-38(28-20-32)40(34-11-7-4-8-12-34)36-23-15-30(2)16-24-36;1-2-10(8-13-9-10)7-12-6-4-3-5-11;1-2-6(3-7)4-8-5-6;5-3-1-2-4-6;;/h15-38H,5-14,39-46H2,1-4H3;3-28H,1-2H3;2-9H2,1H3;7H,2-5H2,1H3;1-4H2;1H4;1H. The molecule has 4 heterocycles. The zero-order chi connectivity index (χ0) is 93.4. The number of benzene rings is 12. The Kier molecular flexibility index (Phi) is 45.9. The van der Waals surface area contributed by atoms with E-state index < -0.39 is 0 Å². The number of nitrogens with zero attached hydrogens (tertiary/aromatic N) is 4. The number of anilines is 12. The molecule has 4 aliphatic heterocycles. The number of ether oxygens (including phenoxy) is 7. The van der Waals surface area contributed by atoms with Gasteiger partial charge >= 0.3 is 0 Å². The van der Waals surface area contributed by atoms with Crippen LogP contribution in [0.4, 0.5) is 68.2 Å². The molecule has 4 aliphatic rings. The lowest BCUT2D eigenvalue weighted by molar-refractivity contribution is -0.150. The van der Waals surface area contributed by atoms with Crippen molar-refractivity contribution in [2.75, 3.05) is 135 Å². The quantitative estimate of drug-likeness (QED) is 0.0291. The van der Waals surface area contributed by atoms with Crippen LogP contribution in [-0.4, -0.2) is 120 Å². The Labute approximate surface area is 845 Å². The predicted octanol–water partition coefficient (Wildman–Crippen LogP) is 32.9. The molecule has 0 bridgehead atoms. The first-order chi connectivity index (χ1) is 65.1. The van der Waals surface area contributed by atoms with E-state index >= 15 is 0 Å². The number of aryl methyl sites for hydroxylation is 6. The van der Waals surface area contributed by atoms with Crippen molar-refractivity contribution in [3.63, 3.8) is 0 Å². The van der Waals surface area contributed by atoms with Crippen LogP contribution in [-0.2, 0) is 46.0 Å². The molecule has 4 fully saturated rings. The molecule has 1 N–H and O–H groups in total. The number of unbranched alkanes of at least 4 members (excludes halogenated alkanes) is 6. The molecule has 4 saturated heterocycles. The van der Waals surface area contributed by atoms with Crippen molar-refractivity contribution < 1.29 is 38.3 Å². The maximum absolute atomic E-state index is 8.76. The van der Waals surface area contributed by atoms with E-state index in [0.29, 0.717) is 5.41 Å². The summed E-state index contributed by atoms with van der Waals surface area (Å²) < 4.78 is 38.8. The van der Waals surface area contributed by atoms with E-state index in [4.69, 9.17) is 38.3 Å². The van der Waals surface area contributed by atoms with E-state index in [2.05, 4.69) is 426 Å². The first-order valence-corrected chi connectivity index (χ1v) is 51.9. The molecule has 12 aromatic carbocycles. The van der Waals surface area contributed by atoms with Crippen LogP contribution in [0.15, 0.2) is 303 Å². The van der Waals surface area contributed by atoms with Crippen LogP contribution in [0, 0.1) is 49.4 Å². The lowest BCUT2D eigenvalue weighted by Crippen LogP contribution is -2.45. The van der Waals surface area contributed by atoms with Gasteiger partial charge in [-0.05, 0) is 297 Å². The average molecular weight is 2080 g/mol. The fraction of sp³-hybridized carbons (Fsp3) is 0.395. The molecule has 0 saturated carbocycles. The Morgan fingerprint density at radius 2 is 0.459 bits per heavy atom. The average Bonchev–Trinajstić information content (AvgIpc) is 0.783. The van der Waals surface area contributed by atoms with E-state index in [-0.39, 0.29) is 47.3 Å². The van der Waals surface area contributed by atoms with Gasteiger partial charge in [-0.1, -0.05) is 276 Å². The molecule has 0 radical (unpaired) electrons. The highest BCUT2D eigenvalue weighted by atomic mass is 79.9. The molecule has 720 valence electrons. The Balaban J connectivity index is 0.000000228. The van der Waals surface area contributed by atoms with Crippen LogP contribution < -0.4 is 19.6 Å².